The van der Waals surface area contributed by atoms with Gasteiger partial charge in [0, 0.05) is 0 Å². The van der Waals surface area contributed by atoms with Crippen LogP contribution in [0.4, 0.5) is 13.2 Å². The summed E-state index contributed by atoms with van der Waals surface area (Å²) < 4.78 is 38.0. The highest BCUT2D eigenvalue weighted by atomic mass is 19.4. The number of halogens is 3. The summed E-state index contributed by atoms with van der Waals surface area (Å²) in [7, 11) is 0. The number of hydrogen-bond acceptors (Lipinski definition) is 3. The van der Waals surface area contributed by atoms with Crippen LogP contribution in [0.5, 0.6) is 0 Å². The molecule has 0 saturated heterocycles. The molecule has 1 heterocycles. The minimum atomic E-state index is -4.74. The van der Waals surface area contributed by atoms with Crippen molar-refractivity contribution in [1.82, 2.24) is 14.8 Å². The number of nitrogens with one attached hydrogen (secondary N) is 2. The Kier molecular flexibility index (Phi) is 3.00. The molecule has 0 saturated carbocycles. The Labute approximate surface area is 107 Å². The van der Waals surface area contributed by atoms with Crippen molar-refractivity contribution in [2.45, 2.75) is 6.18 Å². The molecular weight excluding hydrogens is 283 g/mol. The number of carboxylic acid groups (broad SMARTS) is 1. The molecule has 7 nitrogen and oxygen atoms in total. The van der Waals surface area contributed by atoms with Crippen molar-refractivity contribution in [3.8, 4) is 5.69 Å². The van der Waals surface area contributed by atoms with Gasteiger partial charge < -0.3 is 5.11 Å². The van der Waals surface area contributed by atoms with E-state index in [-0.39, 0.29) is 0 Å². The standard InChI is InChI=1S/C10H6F3N3O4/c11-10(12,13)4-1-2-6(5(3-4)7(17)18)16-8(19)14-15-9(16)20/h1-3H,(H,14,19)(H,15,20)(H,17,18). The lowest BCUT2D eigenvalue weighted by Crippen LogP contribution is -2.26. The highest BCUT2D eigenvalue weighted by Crippen LogP contribution is 2.31. The number of hydrogen-bond donors (Lipinski definition) is 3. The van der Waals surface area contributed by atoms with Gasteiger partial charge in [-0.1, -0.05) is 0 Å². The van der Waals surface area contributed by atoms with E-state index in [4.69, 9.17) is 5.11 Å². The van der Waals surface area contributed by atoms with E-state index in [1.165, 1.54) is 0 Å². The molecule has 0 amide bonds. The van der Waals surface area contributed by atoms with Crippen LogP contribution < -0.4 is 11.4 Å². The molecule has 3 N–H and O–H groups in total. The Morgan fingerprint density at radius 3 is 2.15 bits per heavy atom. The molecule has 0 aliphatic rings. The first kappa shape index (κ1) is 13.6. The van der Waals surface area contributed by atoms with Crippen LogP contribution in [0.2, 0.25) is 0 Å². The number of alkyl halides is 3. The lowest BCUT2D eigenvalue weighted by molar-refractivity contribution is -0.137. The van der Waals surface area contributed by atoms with E-state index in [0.29, 0.717) is 16.7 Å². The van der Waals surface area contributed by atoms with Crippen LogP contribution in [-0.4, -0.2) is 25.8 Å². The van der Waals surface area contributed by atoms with Crippen molar-refractivity contribution in [3.05, 3.63) is 50.3 Å². The maximum absolute atomic E-state index is 12.5. The summed E-state index contributed by atoms with van der Waals surface area (Å²) in [6.07, 6.45) is -4.74. The van der Waals surface area contributed by atoms with Crippen LogP contribution in [0, 0.1) is 0 Å². The van der Waals surface area contributed by atoms with Crippen LogP contribution in [0.25, 0.3) is 5.69 Å². The Balaban J connectivity index is 2.76. The van der Waals surface area contributed by atoms with Gasteiger partial charge in [0.2, 0.25) is 0 Å². The molecule has 1 aromatic heterocycles. The number of aromatic nitrogens is 3. The van der Waals surface area contributed by atoms with Crippen molar-refractivity contribution in [1.29, 1.82) is 0 Å². The number of carbonyl (C=O) groups is 1. The molecular formula is C10H6F3N3O4. The number of aromatic amines is 2. The third kappa shape index (κ3) is 2.22. The fraction of sp³-hybridized carbons (Fsp3) is 0.100. The summed E-state index contributed by atoms with van der Waals surface area (Å²) in [6, 6.07) is 1.69. The molecule has 0 aliphatic carbocycles. The van der Waals surface area contributed by atoms with Gasteiger partial charge in [-0.3, -0.25) is 0 Å². The second kappa shape index (κ2) is 4.40. The number of H-pyrrole nitrogens is 2. The maximum Gasteiger partial charge on any atom is 0.416 e. The Morgan fingerprint density at radius 2 is 1.70 bits per heavy atom. The number of aromatic carboxylic acids is 1. The minimum absolute atomic E-state index is 0.358. The number of benzene rings is 1. The zero-order valence-corrected chi connectivity index (χ0v) is 9.49. The molecule has 10 heteroatoms. The van der Waals surface area contributed by atoms with Gasteiger partial charge in [-0.05, 0) is 18.2 Å². The van der Waals surface area contributed by atoms with E-state index in [0.717, 1.165) is 6.07 Å². The zero-order valence-electron chi connectivity index (χ0n) is 9.49. The van der Waals surface area contributed by atoms with Crippen LogP contribution in [0.15, 0.2) is 27.8 Å². The van der Waals surface area contributed by atoms with Gasteiger partial charge in [0.15, 0.2) is 0 Å². The van der Waals surface area contributed by atoms with Crippen LogP contribution in [0.1, 0.15) is 15.9 Å². The van der Waals surface area contributed by atoms with Gasteiger partial charge in [0.1, 0.15) is 0 Å². The number of carboxylic acids is 1. The second-order valence-electron chi connectivity index (χ2n) is 3.73. The first-order valence-electron chi connectivity index (χ1n) is 5.06. The molecule has 20 heavy (non-hydrogen) atoms. The summed E-state index contributed by atoms with van der Waals surface area (Å²) in [5.74, 6) is -1.70. The molecule has 2 aromatic rings. The van der Waals surface area contributed by atoms with Gasteiger partial charge in [0.25, 0.3) is 0 Å². The van der Waals surface area contributed by atoms with E-state index < -0.39 is 40.3 Å². The highest BCUT2D eigenvalue weighted by Gasteiger charge is 2.32. The second-order valence-corrected chi connectivity index (χ2v) is 3.73. The van der Waals surface area contributed by atoms with Gasteiger partial charge in [-0.2, -0.15) is 13.2 Å². The van der Waals surface area contributed by atoms with E-state index >= 15 is 0 Å². The molecule has 0 fully saturated rings. The fourth-order valence-corrected chi connectivity index (χ4v) is 1.61. The topological polar surface area (TPSA) is 108 Å². The maximum atomic E-state index is 12.5. The number of rotatable bonds is 2. The van der Waals surface area contributed by atoms with Gasteiger partial charge in [-0.15, -0.1) is 0 Å². The van der Waals surface area contributed by atoms with Crippen molar-refractivity contribution < 1.29 is 23.1 Å². The van der Waals surface area contributed by atoms with E-state index in [9.17, 15) is 27.6 Å². The average Bonchev–Trinajstić information content (AvgIpc) is 2.67. The largest absolute Gasteiger partial charge is 0.478 e. The molecule has 0 radical (unpaired) electrons. The molecule has 1 aromatic carbocycles. The minimum Gasteiger partial charge on any atom is -0.478 e. The van der Waals surface area contributed by atoms with Crippen molar-refractivity contribution in [2.75, 3.05) is 0 Å². The van der Waals surface area contributed by atoms with Crippen molar-refractivity contribution in [2.24, 2.45) is 0 Å². The number of nitrogens with zero attached hydrogens (tertiary/aromatic N) is 1. The zero-order chi connectivity index (χ0) is 15.1. The van der Waals surface area contributed by atoms with Gasteiger partial charge in [0.05, 0.1) is 16.8 Å². The Bertz CT molecular complexity index is 757. The first-order chi connectivity index (χ1) is 9.21. The SMILES string of the molecule is O=C(O)c1cc(C(F)(F)F)ccc1-n1c(=O)[nH][nH]c1=O. The summed E-state index contributed by atoms with van der Waals surface area (Å²) in [6.45, 7) is 0. The molecule has 0 unspecified atom stereocenters. The lowest BCUT2D eigenvalue weighted by Gasteiger charge is -2.10. The average molecular weight is 289 g/mol. The summed E-state index contributed by atoms with van der Waals surface area (Å²) in [5, 5.41) is 12.7. The molecule has 0 atom stereocenters. The Hall–Kier alpha value is -2.78. The predicted octanol–water partition coefficient (Wildman–Crippen LogP) is 0.571. The normalized spacial score (nSPS) is 11.6. The monoisotopic (exact) mass is 289 g/mol. The van der Waals surface area contributed by atoms with E-state index in [1.807, 2.05) is 10.2 Å². The van der Waals surface area contributed by atoms with E-state index in [2.05, 4.69) is 0 Å². The quantitative estimate of drug-likeness (QED) is 0.751. The fourth-order valence-electron chi connectivity index (χ4n) is 1.61. The van der Waals surface area contributed by atoms with Crippen LogP contribution in [-0.2, 0) is 6.18 Å². The first-order valence-corrected chi connectivity index (χ1v) is 5.06. The van der Waals surface area contributed by atoms with Gasteiger partial charge in [-0.25, -0.2) is 29.1 Å². The van der Waals surface area contributed by atoms with Crippen molar-refractivity contribution >= 4 is 5.97 Å². The Morgan fingerprint density at radius 1 is 1.15 bits per heavy atom. The van der Waals surface area contributed by atoms with Gasteiger partial charge >= 0.3 is 23.5 Å². The highest BCUT2D eigenvalue weighted by molar-refractivity contribution is 5.92. The third-order valence-corrected chi connectivity index (χ3v) is 2.48. The smallest absolute Gasteiger partial charge is 0.416 e. The molecule has 0 bridgehead atoms. The molecule has 0 aliphatic heterocycles. The lowest BCUT2D eigenvalue weighted by atomic mass is 10.1. The molecule has 2 rings (SSSR count). The summed E-state index contributed by atoms with van der Waals surface area (Å²) >= 11 is 0. The summed E-state index contributed by atoms with van der Waals surface area (Å²) in [5.41, 5.74) is -4.45. The van der Waals surface area contributed by atoms with Crippen LogP contribution in [0.3, 0.4) is 0 Å². The molecule has 106 valence electrons. The summed E-state index contributed by atoms with van der Waals surface area (Å²) in [4.78, 5) is 33.7. The predicted molar refractivity (Wildman–Crippen MR) is 59.0 cm³/mol. The van der Waals surface area contributed by atoms with Crippen molar-refractivity contribution in [3.63, 3.8) is 0 Å². The third-order valence-electron chi connectivity index (χ3n) is 2.48. The molecule has 0 spiro atoms. The van der Waals surface area contributed by atoms with E-state index in [1.54, 1.807) is 0 Å². The van der Waals surface area contributed by atoms with Crippen LogP contribution >= 0.6 is 0 Å².